The van der Waals surface area contributed by atoms with E-state index in [-0.39, 0.29) is 5.56 Å². The van der Waals surface area contributed by atoms with Gasteiger partial charge in [0.15, 0.2) is 0 Å². The monoisotopic (exact) mass is 295 g/mol. The first-order valence-corrected chi connectivity index (χ1v) is 7.33. The Hall–Kier alpha value is -2.46. The van der Waals surface area contributed by atoms with Gasteiger partial charge in [0.2, 0.25) is 0 Å². The Morgan fingerprint density at radius 1 is 1.19 bits per heavy atom. The zero-order valence-corrected chi connectivity index (χ0v) is 12.2. The SMILES string of the molecule is Cc1ccc(C=Cc2cc(C(=O)O)c3ccccc3n2)s1. The van der Waals surface area contributed by atoms with E-state index in [1.165, 1.54) is 4.88 Å². The molecule has 3 aromatic rings. The largest absolute Gasteiger partial charge is 0.478 e. The number of pyridine rings is 1. The number of hydrogen-bond acceptors (Lipinski definition) is 3. The van der Waals surface area contributed by atoms with Gasteiger partial charge in [-0.25, -0.2) is 9.78 Å². The molecule has 1 aromatic carbocycles. The van der Waals surface area contributed by atoms with Gasteiger partial charge in [-0.3, -0.25) is 0 Å². The molecule has 104 valence electrons. The minimum atomic E-state index is -0.935. The number of nitrogens with zero attached hydrogens (tertiary/aromatic N) is 1. The number of hydrogen-bond donors (Lipinski definition) is 1. The lowest BCUT2D eigenvalue weighted by atomic mass is 10.1. The fourth-order valence-electron chi connectivity index (χ4n) is 2.17. The van der Waals surface area contributed by atoms with Crippen LogP contribution in [0.15, 0.2) is 42.5 Å². The minimum Gasteiger partial charge on any atom is -0.478 e. The molecule has 1 N–H and O–H groups in total. The number of carboxylic acids is 1. The number of carboxylic acid groups (broad SMARTS) is 1. The van der Waals surface area contributed by atoms with Crippen LogP contribution in [-0.4, -0.2) is 16.1 Å². The molecule has 2 heterocycles. The van der Waals surface area contributed by atoms with Crippen molar-refractivity contribution in [2.45, 2.75) is 6.92 Å². The van der Waals surface area contributed by atoms with E-state index in [0.29, 0.717) is 16.6 Å². The summed E-state index contributed by atoms with van der Waals surface area (Å²) in [4.78, 5) is 18.3. The Balaban J connectivity index is 2.07. The number of aromatic carboxylic acids is 1. The quantitative estimate of drug-likeness (QED) is 0.775. The Bertz CT molecular complexity index is 849. The van der Waals surface area contributed by atoms with Crippen molar-refractivity contribution < 1.29 is 9.90 Å². The summed E-state index contributed by atoms with van der Waals surface area (Å²) in [7, 11) is 0. The summed E-state index contributed by atoms with van der Waals surface area (Å²) in [6, 6.07) is 13.0. The average Bonchev–Trinajstić information content (AvgIpc) is 2.89. The van der Waals surface area contributed by atoms with Crippen LogP contribution in [0.3, 0.4) is 0 Å². The van der Waals surface area contributed by atoms with Gasteiger partial charge in [0, 0.05) is 15.1 Å². The van der Waals surface area contributed by atoms with Crippen molar-refractivity contribution in [1.29, 1.82) is 0 Å². The molecule has 0 fully saturated rings. The van der Waals surface area contributed by atoms with Crippen molar-refractivity contribution in [1.82, 2.24) is 4.98 Å². The van der Waals surface area contributed by atoms with Crippen LogP contribution in [0, 0.1) is 6.92 Å². The maximum absolute atomic E-state index is 11.4. The van der Waals surface area contributed by atoms with Gasteiger partial charge in [0.1, 0.15) is 0 Å². The summed E-state index contributed by atoms with van der Waals surface area (Å²) in [5, 5.41) is 10.0. The second-order valence-corrected chi connectivity index (χ2v) is 6.02. The van der Waals surface area contributed by atoms with E-state index in [1.807, 2.05) is 36.4 Å². The van der Waals surface area contributed by atoms with Gasteiger partial charge in [-0.1, -0.05) is 18.2 Å². The van der Waals surface area contributed by atoms with Gasteiger partial charge in [-0.05, 0) is 43.3 Å². The summed E-state index contributed by atoms with van der Waals surface area (Å²) in [6.07, 6.45) is 3.81. The van der Waals surface area contributed by atoms with Gasteiger partial charge in [0.05, 0.1) is 16.8 Å². The molecule has 0 bridgehead atoms. The molecule has 0 aliphatic rings. The van der Waals surface area contributed by atoms with Gasteiger partial charge < -0.3 is 5.11 Å². The first kappa shape index (κ1) is 13.5. The van der Waals surface area contributed by atoms with Crippen LogP contribution in [-0.2, 0) is 0 Å². The highest BCUT2D eigenvalue weighted by molar-refractivity contribution is 7.12. The predicted molar refractivity (Wildman–Crippen MR) is 86.7 cm³/mol. The summed E-state index contributed by atoms with van der Waals surface area (Å²) in [5.74, 6) is -0.935. The van der Waals surface area contributed by atoms with Crippen LogP contribution in [0.2, 0.25) is 0 Å². The first-order chi connectivity index (χ1) is 10.1. The van der Waals surface area contributed by atoms with Crippen LogP contribution >= 0.6 is 11.3 Å². The number of carbonyl (C=O) groups is 1. The van der Waals surface area contributed by atoms with E-state index in [9.17, 15) is 9.90 Å². The summed E-state index contributed by atoms with van der Waals surface area (Å²) in [6.45, 7) is 2.05. The molecule has 3 rings (SSSR count). The molecule has 0 saturated carbocycles. The third-order valence-corrected chi connectivity index (χ3v) is 4.11. The Kier molecular flexibility index (Phi) is 3.54. The Morgan fingerprint density at radius 3 is 2.71 bits per heavy atom. The molecule has 0 spiro atoms. The van der Waals surface area contributed by atoms with Gasteiger partial charge in [-0.15, -0.1) is 11.3 Å². The highest BCUT2D eigenvalue weighted by atomic mass is 32.1. The molecule has 0 unspecified atom stereocenters. The lowest BCUT2D eigenvalue weighted by molar-refractivity contribution is 0.0699. The average molecular weight is 295 g/mol. The van der Waals surface area contributed by atoms with E-state index < -0.39 is 5.97 Å². The minimum absolute atomic E-state index is 0.280. The van der Waals surface area contributed by atoms with Crippen molar-refractivity contribution in [2.75, 3.05) is 0 Å². The van der Waals surface area contributed by atoms with Gasteiger partial charge in [-0.2, -0.15) is 0 Å². The number of aryl methyl sites for hydroxylation is 1. The number of fused-ring (bicyclic) bond motifs is 1. The zero-order chi connectivity index (χ0) is 14.8. The lowest BCUT2D eigenvalue weighted by Crippen LogP contribution is -1.99. The molecule has 0 aliphatic heterocycles. The van der Waals surface area contributed by atoms with E-state index in [1.54, 1.807) is 23.5 Å². The molecule has 0 amide bonds. The third-order valence-electron chi connectivity index (χ3n) is 3.15. The Morgan fingerprint density at radius 2 is 2.00 bits per heavy atom. The van der Waals surface area contributed by atoms with E-state index in [4.69, 9.17) is 0 Å². The standard InChI is InChI=1S/C17H13NO2S/c1-11-6-8-13(21-11)9-7-12-10-15(17(19)20)14-4-2-3-5-16(14)18-12/h2-10H,1H3,(H,19,20). The fraction of sp³-hybridized carbons (Fsp3) is 0.0588. The summed E-state index contributed by atoms with van der Waals surface area (Å²) in [5.41, 5.74) is 1.62. The third kappa shape index (κ3) is 2.85. The molecule has 3 nitrogen and oxygen atoms in total. The maximum Gasteiger partial charge on any atom is 0.336 e. The lowest BCUT2D eigenvalue weighted by Gasteiger charge is -2.03. The topological polar surface area (TPSA) is 50.2 Å². The van der Waals surface area contributed by atoms with Gasteiger partial charge >= 0.3 is 5.97 Å². The molecule has 2 aromatic heterocycles. The Labute approximate surface area is 126 Å². The smallest absolute Gasteiger partial charge is 0.336 e. The van der Waals surface area contributed by atoms with Crippen LogP contribution in [0.5, 0.6) is 0 Å². The molecular formula is C17H13NO2S. The number of thiophene rings is 1. The normalized spacial score (nSPS) is 11.3. The van der Waals surface area contributed by atoms with E-state index in [0.717, 1.165) is 4.88 Å². The van der Waals surface area contributed by atoms with Crippen LogP contribution in [0.25, 0.3) is 23.1 Å². The fourth-order valence-corrected chi connectivity index (χ4v) is 2.95. The van der Waals surface area contributed by atoms with E-state index >= 15 is 0 Å². The highest BCUT2D eigenvalue weighted by Crippen LogP contribution is 2.21. The van der Waals surface area contributed by atoms with Crippen LogP contribution < -0.4 is 0 Å². The maximum atomic E-state index is 11.4. The van der Waals surface area contributed by atoms with Crippen molar-refractivity contribution in [3.8, 4) is 0 Å². The van der Waals surface area contributed by atoms with Crippen molar-refractivity contribution in [3.05, 3.63) is 63.5 Å². The second kappa shape index (κ2) is 5.50. The summed E-state index contributed by atoms with van der Waals surface area (Å²) >= 11 is 1.69. The zero-order valence-electron chi connectivity index (χ0n) is 11.4. The van der Waals surface area contributed by atoms with Crippen molar-refractivity contribution >= 4 is 40.4 Å². The number of benzene rings is 1. The molecule has 0 atom stereocenters. The molecule has 0 radical (unpaired) electrons. The highest BCUT2D eigenvalue weighted by Gasteiger charge is 2.10. The number of aromatic nitrogens is 1. The van der Waals surface area contributed by atoms with Crippen LogP contribution in [0.4, 0.5) is 0 Å². The predicted octanol–water partition coefficient (Wildman–Crippen LogP) is 4.47. The van der Waals surface area contributed by atoms with Crippen molar-refractivity contribution in [3.63, 3.8) is 0 Å². The van der Waals surface area contributed by atoms with E-state index in [2.05, 4.69) is 18.0 Å². The second-order valence-electron chi connectivity index (χ2n) is 4.70. The molecule has 0 aliphatic carbocycles. The van der Waals surface area contributed by atoms with Crippen LogP contribution in [0.1, 0.15) is 25.8 Å². The first-order valence-electron chi connectivity index (χ1n) is 6.51. The molecular weight excluding hydrogens is 282 g/mol. The van der Waals surface area contributed by atoms with Gasteiger partial charge in [0.25, 0.3) is 0 Å². The molecule has 4 heteroatoms. The molecule has 21 heavy (non-hydrogen) atoms. The number of para-hydroxylation sites is 1. The number of rotatable bonds is 3. The van der Waals surface area contributed by atoms with Crippen molar-refractivity contribution in [2.24, 2.45) is 0 Å². The molecule has 0 saturated heterocycles. The summed E-state index contributed by atoms with van der Waals surface area (Å²) < 4.78 is 0.